The SMILES string of the molecule is CC.CC.CC.Cc1cc2cn(-c3ccc(CNCCCN=C(N)N)c(F)c3)c(=O)nc2[nH]1. The Kier molecular flexibility index (Phi) is 14.8. The number of rotatable bonds is 7. The van der Waals surface area contributed by atoms with Gasteiger partial charge < -0.3 is 21.8 Å². The number of aryl methyl sites for hydroxylation is 1. The second-order valence-corrected chi connectivity index (χ2v) is 6.26. The number of guanidine groups is 1. The van der Waals surface area contributed by atoms with Crippen LogP contribution in [0.3, 0.4) is 0 Å². The van der Waals surface area contributed by atoms with E-state index in [9.17, 15) is 9.18 Å². The molecule has 3 aromatic rings. The second-order valence-electron chi connectivity index (χ2n) is 6.26. The third kappa shape index (κ3) is 9.44. The molecule has 3 rings (SSSR count). The van der Waals surface area contributed by atoms with Crippen molar-refractivity contribution >= 4 is 17.0 Å². The lowest BCUT2D eigenvalue weighted by Crippen LogP contribution is -2.23. The van der Waals surface area contributed by atoms with E-state index in [0.29, 0.717) is 36.5 Å². The van der Waals surface area contributed by atoms with Crippen LogP contribution in [0.1, 0.15) is 59.2 Å². The number of aromatic amines is 1. The van der Waals surface area contributed by atoms with Gasteiger partial charge in [-0.2, -0.15) is 4.98 Å². The summed E-state index contributed by atoms with van der Waals surface area (Å²) >= 11 is 0. The Morgan fingerprint density at radius 1 is 1.15 bits per heavy atom. The van der Waals surface area contributed by atoms with Gasteiger partial charge >= 0.3 is 5.69 Å². The lowest BCUT2D eigenvalue weighted by atomic mass is 10.2. The fourth-order valence-electron chi connectivity index (χ4n) is 2.78. The van der Waals surface area contributed by atoms with E-state index in [0.717, 1.165) is 17.5 Å². The highest BCUT2D eigenvalue weighted by Gasteiger charge is 2.09. The molecule has 8 nitrogen and oxygen atoms in total. The summed E-state index contributed by atoms with van der Waals surface area (Å²) in [5, 5.41) is 3.93. The summed E-state index contributed by atoms with van der Waals surface area (Å²) in [5.41, 5.74) is 12.4. The topological polar surface area (TPSA) is 127 Å². The molecule has 0 unspecified atom stereocenters. The molecule has 1 aromatic carbocycles. The Balaban J connectivity index is 0.00000158. The average Bonchev–Trinajstić information content (AvgIpc) is 3.19. The third-order valence-electron chi connectivity index (χ3n) is 4.08. The highest BCUT2D eigenvalue weighted by atomic mass is 19.1. The number of nitrogens with two attached hydrogens (primary N) is 2. The van der Waals surface area contributed by atoms with Crippen LogP contribution in [0, 0.1) is 12.7 Å². The van der Waals surface area contributed by atoms with E-state index in [1.165, 1.54) is 10.6 Å². The fourth-order valence-corrected chi connectivity index (χ4v) is 2.78. The number of benzene rings is 1. The van der Waals surface area contributed by atoms with E-state index in [1.807, 2.05) is 54.5 Å². The van der Waals surface area contributed by atoms with Crippen LogP contribution in [0.2, 0.25) is 0 Å². The van der Waals surface area contributed by atoms with E-state index in [-0.39, 0.29) is 11.8 Å². The fraction of sp³-hybridized carbons (Fsp3) is 0.458. The lowest BCUT2D eigenvalue weighted by Gasteiger charge is -2.09. The molecular formula is C24H40FN7O. The number of H-pyrrole nitrogens is 1. The predicted octanol–water partition coefficient (Wildman–Crippen LogP) is 3.99. The molecule has 9 heteroatoms. The van der Waals surface area contributed by atoms with E-state index < -0.39 is 5.69 Å². The second kappa shape index (κ2) is 16.4. The van der Waals surface area contributed by atoms with Crippen molar-refractivity contribution in [2.75, 3.05) is 13.1 Å². The molecule has 184 valence electrons. The van der Waals surface area contributed by atoms with Crippen LogP contribution in [0.25, 0.3) is 16.7 Å². The minimum absolute atomic E-state index is 0.0642. The van der Waals surface area contributed by atoms with E-state index >= 15 is 0 Å². The van der Waals surface area contributed by atoms with Gasteiger partial charge in [-0.3, -0.25) is 9.56 Å². The summed E-state index contributed by atoms with van der Waals surface area (Å²) in [6, 6.07) is 6.58. The zero-order valence-electron chi connectivity index (χ0n) is 21.0. The maximum atomic E-state index is 14.4. The van der Waals surface area contributed by atoms with Crippen LogP contribution in [0.4, 0.5) is 4.39 Å². The first kappa shape index (κ1) is 29.8. The number of nitrogens with one attached hydrogen (secondary N) is 2. The number of fused-ring (bicyclic) bond motifs is 1. The van der Waals surface area contributed by atoms with Crippen molar-refractivity contribution in [3.8, 4) is 5.69 Å². The Morgan fingerprint density at radius 3 is 2.42 bits per heavy atom. The Morgan fingerprint density at radius 2 is 1.82 bits per heavy atom. The predicted molar refractivity (Wildman–Crippen MR) is 137 cm³/mol. The maximum Gasteiger partial charge on any atom is 0.354 e. The normalized spacial score (nSPS) is 9.58. The van der Waals surface area contributed by atoms with Gasteiger partial charge in [0, 0.05) is 35.9 Å². The van der Waals surface area contributed by atoms with Gasteiger partial charge in [0.2, 0.25) is 0 Å². The van der Waals surface area contributed by atoms with Crippen molar-refractivity contribution in [2.24, 2.45) is 16.5 Å². The van der Waals surface area contributed by atoms with Crippen LogP contribution in [0.5, 0.6) is 0 Å². The first-order valence-electron chi connectivity index (χ1n) is 11.6. The summed E-state index contributed by atoms with van der Waals surface area (Å²) < 4.78 is 15.8. The molecular weight excluding hydrogens is 421 g/mol. The first-order chi connectivity index (χ1) is 15.9. The quantitative estimate of drug-likeness (QED) is 0.240. The number of halogens is 1. The van der Waals surface area contributed by atoms with Gasteiger partial charge in [-0.25, -0.2) is 9.18 Å². The van der Waals surface area contributed by atoms with Crippen molar-refractivity contribution in [3.63, 3.8) is 0 Å². The van der Waals surface area contributed by atoms with Crippen molar-refractivity contribution < 1.29 is 4.39 Å². The molecule has 0 amide bonds. The first-order valence-corrected chi connectivity index (χ1v) is 11.6. The summed E-state index contributed by atoms with van der Waals surface area (Å²) in [6.07, 6.45) is 2.40. The highest BCUT2D eigenvalue weighted by Crippen LogP contribution is 2.16. The molecule has 0 saturated carbocycles. The van der Waals surface area contributed by atoms with Gasteiger partial charge in [-0.15, -0.1) is 0 Å². The molecule has 2 heterocycles. The van der Waals surface area contributed by atoms with Crippen LogP contribution >= 0.6 is 0 Å². The van der Waals surface area contributed by atoms with Crippen LogP contribution in [-0.4, -0.2) is 33.6 Å². The summed E-state index contributed by atoms with van der Waals surface area (Å²) in [7, 11) is 0. The zero-order chi connectivity index (χ0) is 25.4. The Bertz CT molecular complexity index is 1040. The van der Waals surface area contributed by atoms with Crippen LogP contribution < -0.4 is 22.5 Å². The molecule has 0 fully saturated rings. The number of hydrogen-bond acceptors (Lipinski definition) is 4. The van der Waals surface area contributed by atoms with Crippen molar-refractivity contribution in [1.29, 1.82) is 0 Å². The molecule has 0 atom stereocenters. The molecule has 0 aliphatic carbocycles. The van der Waals surface area contributed by atoms with Gasteiger partial charge in [0.05, 0.1) is 5.69 Å². The van der Waals surface area contributed by atoms with Crippen molar-refractivity contribution in [1.82, 2.24) is 19.9 Å². The van der Waals surface area contributed by atoms with Crippen LogP contribution in [0.15, 0.2) is 40.2 Å². The lowest BCUT2D eigenvalue weighted by molar-refractivity contribution is 0.582. The minimum Gasteiger partial charge on any atom is -0.370 e. The standard InChI is InChI=1S/C18H22FN7O.3C2H6/c1-11-7-13-10-26(18(27)25-16(13)24-11)14-4-3-12(15(19)8-14)9-22-5-2-6-23-17(20)21;3*1-2/h3-4,7-8,10,22H,2,5-6,9H2,1H3,(H4,20,21,23)(H,24,25,27);3*1-2H3. The van der Waals surface area contributed by atoms with E-state index in [2.05, 4.69) is 20.3 Å². The van der Waals surface area contributed by atoms with Gasteiger partial charge in [0.1, 0.15) is 11.5 Å². The number of aliphatic imine (C=N–C) groups is 1. The molecule has 0 saturated heterocycles. The highest BCUT2D eigenvalue weighted by molar-refractivity contribution is 5.76. The molecule has 6 N–H and O–H groups in total. The summed E-state index contributed by atoms with van der Waals surface area (Å²) in [5.74, 6) is -0.323. The Labute approximate surface area is 196 Å². The number of nitrogens with zero attached hydrogens (tertiary/aromatic N) is 3. The molecule has 0 radical (unpaired) electrons. The third-order valence-corrected chi connectivity index (χ3v) is 4.08. The minimum atomic E-state index is -0.464. The molecule has 2 aromatic heterocycles. The molecule has 0 aliphatic heterocycles. The van der Waals surface area contributed by atoms with Crippen molar-refractivity contribution in [2.45, 2.75) is 61.4 Å². The molecule has 0 bridgehead atoms. The van der Waals surface area contributed by atoms with Gasteiger partial charge in [0.25, 0.3) is 0 Å². The maximum absolute atomic E-state index is 14.4. The smallest absolute Gasteiger partial charge is 0.354 e. The van der Waals surface area contributed by atoms with E-state index in [4.69, 9.17) is 11.5 Å². The van der Waals surface area contributed by atoms with Crippen molar-refractivity contribution in [3.05, 3.63) is 58.0 Å². The average molecular weight is 462 g/mol. The molecule has 0 spiro atoms. The zero-order valence-corrected chi connectivity index (χ0v) is 21.0. The summed E-state index contributed by atoms with van der Waals surface area (Å²) in [4.78, 5) is 23.1. The van der Waals surface area contributed by atoms with Gasteiger partial charge in [-0.1, -0.05) is 47.6 Å². The molecule has 33 heavy (non-hydrogen) atoms. The van der Waals surface area contributed by atoms with E-state index in [1.54, 1.807) is 18.3 Å². The van der Waals surface area contributed by atoms with Gasteiger partial charge in [0.15, 0.2) is 5.96 Å². The number of hydrogen-bond donors (Lipinski definition) is 4. The summed E-state index contributed by atoms with van der Waals surface area (Å²) in [6.45, 7) is 15.4. The number of aromatic nitrogens is 3. The molecule has 0 aliphatic rings. The largest absolute Gasteiger partial charge is 0.370 e. The Hall–Kier alpha value is -3.20. The van der Waals surface area contributed by atoms with Crippen LogP contribution in [-0.2, 0) is 6.54 Å². The monoisotopic (exact) mass is 461 g/mol. The van der Waals surface area contributed by atoms with Gasteiger partial charge in [-0.05, 0) is 38.1 Å².